The van der Waals surface area contributed by atoms with Crippen LogP contribution in [0, 0.1) is 6.92 Å². The molecule has 1 aliphatic rings. The van der Waals surface area contributed by atoms with E-state index in [2.05, 4.69) is 5.32 Å². The molecule has 1 saturated heterocycles. The maximum Gasteiger partial charge on any atom is 0.317 e. The van der Waals surface area contributed by atoms with Crippen molar-refractivity contribution in [3.05, 3.63) is 29.3 Å². The number of benzene rings is 1. The predicted octanol–water partition coefficient (Wildman–Crippen LogP) is 1.95. The SMILES string of the molecule is COCC(C)Oc1cc(C)ccc1CNC(=O)N1CC(OC)C1. The van der Waals surface area contributed by atoms with Crippen molar-refractivity contribution in [3.8, 4) is 5.75 Å². The van der Waals surface area contributed by atoms with E-state index in [1.165, 1.54) is 0 Å². The van der Waals surface area contributed by atoms with E-state index in [4.69, 9.17) is 14.2 Å². The van der Waals surface area contributed by atoms with Gasteiger partial charge in [0.25, 0.3) is 0 Å². The standard InChI is InChI=1S/C17H26N2O4/c1-12-5-6-14(16(7-12)23-13(2)11-21-3)8-18-17(20)19-9-15(10-19)22-4/h5-7,13,15H,8-11H2,1-4H3,(H,18,20). The Morgan fingerprint density at radius 1 is 1.39 bits per heavy atom. The number of likely N-dealkylation sites (tertiary alicyclic amines) is 1. The summed E-state index contributed by atoms with van der Waals surface area (Å²) in [6.45, 7) is 6.21. The molecule has 6 heteroatoms. The average molecular weight is 322 g/mol. The molecule has 1 aliphatic heterocycles. The van der Waals surface area contributed by atoms with Crippen LogP contribution in [0.1, 0.15) is 18.1 Å². The summed E-state index contributed by atoms with van der Waals surface area (Å²) in [4.78, 5) is 13.8. The summed E-state index contributed by atoms with van der Waals surface area (Å²) in [5, 5.41) is 2.93. The molecule has 2 rings (SSSR count). The van der Waals surface area contributed by atoms with Gasteiger partial charge in [-0.2, -0.15) is 0 Å². The highest BCUT2D eigenvalue weighted by molar-refractivity contribution is 5.75. The van der Waals surface area contributed by atoms with Gasteiger partial charge in [0.1, 0.15) is 11.9 Å². The van der Waals surface area contributed by atoms with Gasteiger partial charge in [-0.05, 0) is 25.5 Å². The summed E-state index contributed by atoms with van der Waals surface area (Å²) in [6, 6.07) is 5.91. The van der Waals surface area contributed by atoms with Crippen molar-refractivity contribution in [1.82, 2.24) is 10.2 Å². The van der Waals surface area contributed by atoms with Gasteiger partial charge in [-0.25, -0.2) is 4.79 Å². The summed E-state index contributed by atoms with van der Waals surface area (Å²) in [7, 11) is 3.31. The lowest BCUT2D eigenvalue weighted by Crippen LogP contribution is -2.57. The number of amides is 2. The zero-order valence-electron chi connectivity index (χ0n) is 14.3. The predicted molar refractivity (Wildman–Crippen MR) is 87.8 cm³/mol. The highest BCUT2D eigenvalue weighted by atomic mass is 16.5. The maximum atomic E-state index is 12.1. The van der Waals surface area contributed by atoms with Crippen LogP contribution in [0.15, 0.2) is 18.2 Å². The number of carbonyl (C=O) groups excluding carboxylic acids is 1. The number of nitrogens with zero attached hydrogens (tertiary/aromatic N) is 1. The summed E-state index contributed by atoms with van der Waals surface area (Å²) < 4.78 is 16.2. The van der Waals surface area contributed by atoms with Crippen molar-refractivity contribution < 1.29 is 19.0 Å². The van der Waals surface area contributed by atoms with E-state index in [9.17, 15) is 4.79 Å². The van der Waals surface area contributed by atoms with Crippen LogP contribution < -0.4 is 10.1 Å². The normalized spacial score (nSPS) is 15.9. The molecule has 0 saturated carbocycles. The minimum absolute atomic E-state index is 0.0471. The highest BCUT2D eigenvalue weighted by Crippen LogP contribution is 2.22. The van der Waals surface area contributed by atoms with E-state index in [0.717, 1.165) is 16.9 Å². The quantitative estimate of drug-likeness (QED) is 0.833. The maximum absolute atomic E-state index is 12.1. The van der Waals surface area contributed by atoms with Crippen LogP contribution in [-0.2, 0) is 16.0 Å². The first-order valence-corrected chi connectivity index (χ1v) is 7.84. The molecule has 1 aromatic carbocycles. The number of rotatable bonds is 7. The molecular weight excluding hydrogens is 296 g/mol. The van der Waals surface area contributed by atoms with Crippen LogP contribution in [0.2, 0.25) is 0 Å². The Labute approximate surface area is 137 Å². The molecule has 6 nitrogen and oxygen atoms in total. The van der Waals surface area contributed by atoms with Gasteiger partial charge in [0.2, 0.25) is 0 Å². The first kappa shape index (κ1) is 17.6. The molecule has 1 heterocycles. The second kappa shape index (κ2) is 8.17. The Bertz CT molecular complexity index is 529. The first-order chi connectivity index (χ1) is 11.0. The number of urea groups is 1. The van der Waals surface area contributed by atoms with Crippen molar-refractivity contribution in [2.24, 2.45) is 0 Å². The average Bonchev–Trinajstić information content (AvgIpc) is 2.45. The Hall–Kier alpha value is -1.79. The summed E-state index contributed by atoms with van der Waals surface area (Å²) in [5.74, 6) is 0.785. The molecule has 1 aromatic rings. The largest absolute Gasteiger partial charge is 0.488 e. The first-order valence-electron chi connectivity index (χ1n) is 7.84. The number of ether oxygens (including phenoxy) is 3. The minimum atomic E-state index is -0.0743. The molecule has 0 radical (unpaired) electrons. The molecule has 0 spiro atoms. The van der Waals surface area contributed by atoms with Crippen molar-refractivity contribution in [2.75, 3.05) is 33.9 Å². The number of methoxy groups -OCH3 is 2. The molecule has 1 fully saturated rings. The summed E-state index contributed by atoms with van der Waals surface area (Å²) in [6.07, 6.45) is 0.114. The molecule has 23 heavy (non-hydrogen) atoms. The highest BCUT2D eigenvalue weighted by Gasteiger charge is 2.30. The van der Waals surface area contributed by atoms with E-state index < -0.39 is 0 Å². The zero-order valence-corrected chi connectivity index (χ0v) is 14.3. The van der Waals surface area contributed by atoms with Crippen LogP contribution in [0.25, 0.3) is 0 Å². The molecule has 1 unspecified atom stereocenters. The fourth-order valence-electron chi connectivity index (χ4n) is 2.44. The Balaban J connectivity index is 1.92. The molecule has 0 aromatic heterocycles. The molecular formula is C17H26N2O4. The lowest BCUT2D eigenvalue weighted by Gasteiger charge is -2.37. The van der Waals surface area contributed by atoms with Crippen molar-refractivity contribution in [1.29, 1.82) is 0 Å². The number of aryl methyl sites for hydroxylation is 1. The van der Waals surface area contributed by atoms with E-state index in [1.807, 2.05) is 32.0 Å². The third-order valence-electron chi connectivity index (χ3n) is 3.85. The number of hydrogen-bond acceptors (Lipinski definition) is 4. The van der Waals surface area contributed by atoms with Crippen molar-refractivity contribution in [2.45, 2.75) is 32.6 Å². The fourth-order valence-corrected chi connectivity index (χ4v) is 2.44. The monoisotopic (exact) mass is 322 g/mol. The molecule has 1 atom stereocenters. The second-order valence-electron chi connectivity index (χ2n) is 5.92. The van der Waals surface area contributed by atoms with Gasteiger partial charge in [-0.3, -0.25) is 0 Å². The van der Waals surface area contributed by atoms with Crippen LogP contribution in [0.3, 0.4) is 0 Å². The van der Waals surface area contributed by atoms with Gasteiger partial charge >= 0.3 is 6.03 Å². The van der Waals surface area contributed by atoms with Gasteiger partial charge in [-0.15, -0.1) is 0 Å². The third kappa shape index (κ3) is 4.84. The second-order valence-corrected chi connectivity index (χ2v) is 5.92. The molecule has 128 valence electrons. The van der Waals surface area contributed by atoms with Crippen molar-refractivity contribution in [3.63, 3.8) is 0 Å². The van der Waals surface area contributed by atoms with Crippen molar-refractivity contribution >= 4 is 6.03 Å². The number of carbonyl (C=O) groups is 1. The van der Waals surface area contributed by atoms with Crippen LogP contribution >= 0.6 is 0 Å². The third-order valence-corrected chi connectivity index (χ3v) is 3.85. The van der Waals surface area contributed by atoms with Gasteiger partial charge in [0, 0.05) is 26.3 Å². The minimum Gasteiger partial charge on any atom is -0.488 e. The van der Waals surface area contributed by atoms with Gasteiger partial charge < -0.3 is 24.4 Å². The lowest BCUT2D eigenvalue weighted by atomic mass is 10.1. The van der Waals surface area contributed by atoms with Crippen LogP contribution in [0.4, 0.5) is 4.79 Å². The van der Waals surface area contributed by atoms with Gasteiger partial charge in [-0.1, -0.05) is 12.1 Å². The van der Waals surface area contributed by atoms with Crippen LogP contribution in [0.5, 0.6) is 5.75 Å². The smallest absolute Gasteiger partial charge is 0.317 e. The summed E-state index contributed by atoms with van der Waals surface area (Å²) in [5.41, 5.74) is 2.07. The van der Waals surface area contributed by atoms with Gasteiger partial charge in [0.15, 0.2) is 0 Å². The van der Waals surface area contributed by atoms with Crippen LogP contribution in [-0.4, -0.2) is 57.1 Å². The fraction of sp³-hybridized carbons (Fsp3) is 0.588. The molecule has 1 N–H and O–H groups in total. The van der Waals surface area contributed by atoms with E-state index in [1.54, 1.807) is 19.1 Å². The van der Waals surface area contributed by atoms with E-state index in [-0.39, 0.29) is 18.2 Å². The molecule has 2 amide bonds. The van der Waals surface area contributed by atoms with E-state index >= 15 is 0 Å². The summed E-state index contributed by atoms with van der Waals surface area (Å²) >= 11 is 0. The number of nitrogens with one attached hydrogen (secondary N) is 1. The zero-order chi connectivity index (χ0) is 16.8. The number of hydrogen-bond donors (Lipinski definition) is 1. The Kier molecular flexibility index (Phi) is 6.24. The molecule has 0 bridgehead atoms. The van der Waals surface area contributed by atoms with Gasteiger partial charge in [0.05, 0.1) is 25.8 Å². The van der Waals surface area contributed by atoms with E-state index in [0.29, 0.717) is 26.2 Å². The lowest BCUT2D eigenvalue weighted by molar-refractivity contribution is -0.00772. The Morgan fingerprint density at radius 3 is 2.78 bits per heavy atom. The Morgan fingerprint density at radius 2 is 2.13 bits per heavy atom. The molecule has 0 aliphatic carbocycles. The topological polar surface area (TPSA) is 60.0 Å².